The Hall–Kier alpha value is -1.63. The van der Waals surface area contributed by atoms with Crippen LogP contribution in [0.25, 0.3) is 0 Å². The molecular formula is C10H9BrN2O4. The zero-order chi connectivity index (χ0) is 12.6. The Bertz CT molecular complexity index is 496. The van der Waals surface area contributed by atoms with Gasteiger partial charge in [-0.1, -0.05) is 0 Å². The number of nitrogens with zero attached hydrogens (tertiary/aromatic N) is 1. The average Bonchev–Trinajstić information content (AvgIpc) is 2.80. The Balaban J connectivity index is 2.08. The summed E-state index contributed by atoms with van der Waals surface area (Å²) < 4.78 is 5.20. The number of likely N-dealkylation sites (N-methyl/N-ethyl adjacent to an activating group) is 1. The lowest BCUT2D eigenvalue weighted by Gasteiger charge is -2.10. The van der Waals surface area contributed by atoms with Gasteiger partial charge in [-0.3, -0.25) is 19.3 Å². The molecule has 2 rings (SSSR count). The molecule has 7 heteroatoms. The van der Waals surface area contributed by atoms with E-state index in [-0.39, 0.29) is 12.3 Å². The predicted octanol–water partition coefficient (Wildman–Crippen LogP) is 0.529. The Morgan fingerprint density at radius 1 is 1.59 bits per heavy atom. The Kier molecular flexibility index (Phi) is 3.01. The van der Waals surface area contributed by atoms with Gasteiger partial charge >= 0.3 is 0 Å². The normalized spacial score (nSPS) is 19.9. The molecule has 0 saturated carbocycles. The van der Waals surface area contributed by atoms with Crippen LogP contribution in [-0.4, -0.2) is 35.7 Å². The van der Waals surface area contributed by atoms with Gasteiger partial charge in [-0.05, 0) is 22.0 Å². The maximum absolute atomic E-state index is 11.8. The molecule has 1 saturated heterocycles. The SMILES string of the molecule is CN1C(=O)CC(NC(=O)c2ccoc2Br)C1=O. The lowest BCUT2D eigenvalue weighted by atomic mass is 10.2. The molecule has 0 aromatic carbocycles. The number of carbonyl (C=O) groups is 3. The van der Waals surface area contributed by atoms with Crippen molar-refractivity contribution in [2.75, 3.05) is 7.05 Å². The van der Waals surface area contributed by atoms with Crippen LogP contribution in [0.2, 0.25) is 0 Å². The van der Waals surface area contributed by atoms with Crippen molar-refractivity contribution in [2.24, 2.45) is 0 Å². The van der Waals surface area contributed by atoms with E-state index in [1.165, 1.54) is 19.4 Å². The van der Waals surface area contributed by atoms with Crippen LogP contribution in [0, 0.1) is 0 Å². The summed E-state index contributed by atoms with van der Waals surface area (Å²) in [4.78, 5) is 35.6. The Morgan fingerprint density at radius 2 is 2.29 bits per heavy atom. The molecule has 0 radical (unpaired) electrons. The van der Waals surface area contributed by atoms with Crippen LogP contribution in [0.15, 0.2) is 21.4 Å². The van der Waals surface area contributed by atoms with Crippen LogP contribution in [0.3, 0.4) is 0 Å². The fraction of sp³-hybridized carbons (Fsp3) is 0.300. The number of nitrogens with one attached hydrogen (secondary N) is 1. The minimum atomic E-state index is -0.790. The van der Waals surface area contributed by atoms with Gasteiger partial charge < -0.3 is 9.73 Å². The van der Waals surface area contributed by atoms with Crippen molar-refractivity contribution in [1.82, 2.24) is 10.2 Å². The highest BCUT2D eigenvalue weighted by molar-refractivity contribution is 9.10. The molecule has 1 aliphatic rings. The van der Waals surface area contributed by atoms with Gasteiger partial charge in [-0.15, -0.1) is 0 Å². The molecule has 2 heterocycles. The first-order valence-electron chi connectivity index (χ1n) is 4.85. The van der Waals surface area contributed by atoms with Crippen molar-refractivity contribution in [2.45, 2.75) is 12.5 Å². The summed E-state index contributed by atoms with van der Waals surface area (Å²) in [6, 6.07) is 0.687. The molecular weight excluding hydrogens is 292 g/mol. The minimum absolute atomic E-state index is 0.00343. The number of likely N-dealkylation sites (tertiary alicyclic amines) is 1. The van der Waals surface area contributed by atoms with E-state index < -0.39 is 17.9 Å². The monoisotopic (exact) mass is 300 g/mol. The quantitative estimate of drug-likeness (QED) is 0.808. The molecule has 6 nitrogen and oxygen atoms in total. The van der Waals surface area contributed by atoms with Crippen molar-refractivity contribution in [1.29, 1.82) is 0 Å². The minimum Gasteiger partial charge on any atom is -0.457 e. The predicted molar refractivity (Wildman–Crippen MR) is 60.1 cm³/mol. The number of carbonyl (C=O) groups excluding carboxylic acids is 3. The molecule has 1 unspecified atom stereocenters. The summed E-state index contributed by atoms with van der Waals surface area (Å²) >= 11 is 3.07. The zero-order valence-electron chi connectivity index (χ0n) is 8.90. The van der Waals surface area contributed by atoms with Gasteiger partial charge in [0, 0.05) is 7.05 Å². The molecule has 90 valence electrons. The molecule has 0 spiro atoms. The third-order valence-corrected chi connectivity index (χ3v) is 3.16. The second kappa shape index (κ2) is 4.33. The first kappa shape index (κ1) is 11.8. The van der Waals surface area contributed by atoms with Gasteiger partial charge in [0.15, 0.2) is 4.67 Å². The van der Waals surface area contributed by atoms with E-state index in [0.29, 0.717) is 10.2 Å². The fourth-order valence-corrected chi connectivity index (χ4v) is 1.98. The molecule has 1 aliphatic heterocycles. The molecule has 3 amide bonds. The number of imide groups is 1. The lowest BCUT2D eigenvalue weighted by molar-refractivity contribution is -0.137. The summed E-state index contributed by atoms with van der Waals surface area (Å²) in [6.45, 7) is 0. The van der Waals surface area contributed by atoms with Gasteiger partial charge in [-0.2, -0.15) is 0 Å². The Morgan fingerprint density at radius 3 is 2.76 bits per heavy atom. The zero-order valence-corrected chi connectivity index (χ0v) is 10.5. The summed E-state index contributed by atoms with van der Waals surface area (Å²) in [5.41, 5.74) is 0.291. The smallest absolute Gasteiger partial charge is 0.256 e. The van der Waals surface area contributed by atoms with Crippen LogP contribution >= 0.6 is 15.9 Å². The maximum Gasteiger partial charge on any atom is 0.256 e. The average molecular weight is 301 g/mol. The maximum atomic E-state index is 11.8. The van der Waals surface area contributed by atoms with Crippen LogP contribution in [-0.2, 0) is 9.59 Å². The number of hydrogen-bond acceptors (Lipinski definition) is 4. The van der Waals surface area contributed by atoms with Gasteiger partial charge in [-0.25, -0.2) is 0 Å². The van der Waals surface area contributed by atoms with E-state index in [1.807, 2.05) is 0 Å². The fourth-order valence-electron chi connectivity index (χ4n) is 1.56. The topological polar surface area (TPSA) is 79.6 Å². The largest absolute Gasteiger partial charge is 0.457 e. The van der Waals surface area contributed by atoms with E-state index in [2.05, 4.69) is 21.2 Å². The highest BCUT2D eigenvalue weighted by atomic mass is 79.9. The summed E-state index contributed by atoms with van der Waals surface area (Å²) in [6.07, 6.45) is 1.35. The van der Waals surface area contributed by atoms with E-state index in [4.69, 9.17) is 4.42 Å². The Labute approximate surface area is 105 Å². The first-order chi connectivity index (χ1) is 8.00. The van der Waals surface area contributed by atoms with Gasteiger partial charge in [0.2, 0.25) is 5.91 Å². The second-order valence-electron chi connectivity index (χ2n) is 3.63. The molecule has 17 heavy (non-hydrogen) atoms. The van der Waals surface area contributed by atoms with E-state index >= 15 is 0 Å². The van der Waals surface area contributed by atoms with E-state index in [1.54, 1.807) is 0 Å². The van der Waals surface area contributed by atoms with Crippen molar-refractivity contribution < 1.29 is 18.8 Å². The van der Waals surface area contributed by atoms with Crippen LogP contribution in [0.1, 0.15) is 16.8 Å². The lowest BCUT2D eigenvalue weighted by Crippen LogP contribution is -2.40. The number of halogens is 1. The highest BCUT2D eigenvalue weighted by Crippen LogP contribution is 2.18. The number of hydrogen-bond donors (Lipinski definition) is 1. The van der Waals surface area contributed by atoms with Crippen LogP contribution in [0.4, 0.5) is 0 Å². The molecule has 1 atom stereocenters. The first-order valence-corrected chi connectivity index (χ1v) is 5.64. The van der Waals surface area contributed by atoms with Gasteiger partial charge in [0.05, 0.1) is 18.2 Å². The number of rotatable bonds is 2. The van der Waals surface area contributed by atoms with Crippen molar-refractivity contribution in [3.8, 4) is 0 Å². The molecule has 1 aromatic heterocycles. The van der Waals surface area contributed by atoms with E-state index in [9.17, 15) is 14.4 Å². The van der Waals surface area contributed by atoms with Crippen LogP contribution < -0.4 is 5.32 Å². The van der Waals surface area contributed by atoms with Crippen LogP contribution in [0.5, 0.6) is 0 Å². The van der Waals surface area contributed by atoms with E-state index in [0.717, 1.165) is 4.90 Å². The van der Waals surface area contributed by atoms with Crippen molar-refractivity contribution in [3.63, 3.8) is 0 Å². The molecule has 0 bridgehead atoms. The number of furan rings is 1. The van der Waals surface area contributed by atoms with Gasteiger partial charge in [0.1, 0.15) is 6.04 Å². The summed E-state index contributed by atoms with van der Waals surface area (Å²) in [5, 5.41) is 2.49. The molecule has 0 aliphatic carbocycles. The summed E-state index contributed by atoms with van der Waals surface area (Å²) in [5.74, 6) is -1.15. The molecule has 1 aromatic rings. The van der Waals surface area contributed by atoms with Crippen molar-refractivity contribution in [3.05, 3.63) is 22.6 Å². The number of amides is 3. The third-order valence-electron chi connectivity index (χ3n) is 2.55. The standard InChI is InChI=1S/C10H9BrN2O4/c1-13-7(14)4-6(10(13)16)12-9(15)5-2-3-17-8(5)11/h2-3,6H,4H2,1H3,(H,12,15). The highest BCUT2D eigenvalue weighted by Gasteiger charge is 2.37. The van der Waals surface area contributed by atoms with Crippen molar-refractivity contribution >= 4 is 33.7 Å². The third kappa shape index (κ3) is 2.10. The van der Waals surface area contributed by atoms with Gasteiger partial charge in [0.25, 0.3) is 11.8 Å². The summed E-state index contributed by atoms with van der Waals surface area (Å²) in [7, 11) is 1.39. The molecule has 1 N–H and O–H groups in total. The molecule has 1 fully saturated rings. The second-order valence-corrected chi connectivity index (χ2v) is 4.35.